The van der Waals surface area contributed by atoms with E-state index in [0.717, 1.165) is 18.7 Å². The Morgan fingerprint density at radius 3 is 2.41 bits per heavy atom. The van der Waals surface area contributed by atoms with Crippen molar-refractivity contribution >= 4 is 0 Å². The summed E-state index contributed by atoms with van der Waals surface area (Å²) in [6.07, 6.45) is 6.19. The first-order valence-electron chi connectivity index (χ1n) is 6.07. The lowest BCUT2D eigenvalue weighted by atomic mass is 10.1. The van der Waals surface area contributed by atoms with Gasteiger partial charge in [-0.25, -0.2) is 0 Å². The van der Waals surface area contributed by atoms with Crippen molar-refractivity contribution in [1.82, 2.24) is 5.32 Å². The second-order valence-corrected chi connectivity index (χ2v) is 4.37. The van der Waals surface area contributed by atoms with Gasteiger partial charge in [0, 0.05) is 19.0 Å². The molecule has 1 aromatic rings. The van der Waals surface area contributed by atoms with E-state index < -0.39 is 0 Å². The van der Waals surface area contributed by atoms with Crippen LogP contribution in [0.1, 0.15) is 38.8 Å². The van der Waals surface area contributed by atoms with E-state index in [1.807, 2.05) is 26.0 Å². The third kappa shape index (κ3) is 4.93. The van der Waals surface area contributed by atoms with Gasteiger partial charge in [0.25, 0.3) is 0 Å². The van der Waals surface area contributed by atoms with Gasteiger partial charge in [-0.1, -0.05) is 12.1 Å². The zero-order valence-electron chi connectivity index (χ0n) is 10.9. The Kier molecular flexibility index (Phi) is 5.59. The first-order chi connectivity index (χ1) is 8.13. The minimum Gasteiger partial charge on any atom is -0.491 e. The highest BCUT2D eigenvalue weighted by atomic mass is 16.5. The van der Waals surface area contributed by atoms with Gasteiger partial charge >= 0.3 is 0 Å². The van der Waals surface area contributed by atoms with Crippen LogP contribution < -0.4 is 10.1 Å². The molecule has 0 aliphatic carbocycles. The van der Waals surface area contributed by atoms with Gasteiger partial charge in [0.2, 0.25) is 0 Å². The summed E-state index contributed by atoms with van der Waals surface area (Å²) in [6.45, 7) is 7.03. The highest BCUT2D eigenvalue weighted by Gasteiger charge is 2.04. The first kappa shape index (κ1) is 13.6. The fourth-order valence-corrected chi connectivity index (χ4v) is 1.59. The Morgan fingerprint density at radius 2 is 1.88 bits per heavy atom. The van der Waals surface area contributed by atoms with Gasteiger partial charge in [0.15, 0.2) is 0 Å². The van der Waals surface area contributed by atoms with Gasteiger partial charge in [0.1, 0.15) is 5.75 Å². The molecule has 2 heteroatoms. The van der Waals surface area contributed by atoms with Crippen LogP contribution in [-0.2, 0) is 0 Å². The summed E-state index contributed by atoms with van der Waals surface area (Å²) in [5.74, 6) is 3.54. The van der Waals surface area contributed by atoms with Crippen LogP contribution in [0.3, 0.4) is 0 Å². The van der Waals surface area contributed by atoms with Gasteiger partial charge < -0.3 is 10.1 Å². The van der Waals surface area contributed by atoms with Crippen molar-refractivity contribution in [2.45, 2.75) is 39.3 Å². The summed E-state index contributed by atoms with van der Waals surface area (Å²) in [4.78, 5) is 0. The highest BCUT2D eigenvalue weighted by Crippen LogP contribution is 2.18. The fraction of sp³-hybridized carbons (Fsp3) is 0.467. The van der Waals surface area contributed by atoms with Crippen molar-refractivity contribution in [2.24, 2.45) is 0 Å². The first-order valence-corrected chi connectivity index (χ1v) is 6.07. The predicted molar refractivity (Wildman–Crippen MR) is 72.1 cm³/mol. The van der Waals surface area contributed by atoms with Crippen molar-refractivity contribution in [3.8, 4) is 18.1 Å². The summed E-state index contributed by atoms with van der Waals surface area (Å²) in [5.41, 5.74) is 1.25. The zero-order valence-corrected chi connectivity index (χ0v) is 10.9. The Morgan fingerprint density at radius 1 is 1.24 bits per heavy atom. The van der Waals surface area contributed by atoms with E-state index in [0.29, 0.717) is 6.04 Å². The molecule has 0 aliphatic heterocycles. The second kappa shape index (κ2) is 6.98. The molecule has 1 atom stereocenters. The molecule has 17 heavy (non-hydrogen) atoms. The van der Waals surface area contributed by atoms with E-state index in [4.69, 9.17) is 11.2 Å². The Labute approximate surface area is 104 Å². The molecule has 0 aliphatic rings. The van der Waals surface area contributed by atoms with Crippen LogP contribution in [0.5, 0.6) is 5.75 Å². The minimum absolute atomic E-state index is 0.215. The quantitative estimate of drug-likeness (QED) is 0.600. The molecule has 0 amide bonds. The molecule has 1 rings (SSSR count). The lowest BCUT2D eigenvalue weighted by Crippen LogP contribution is -2.19. The topological polar surface area (TPSA) is 21.3 Å². The Bertz CT molecular complexity index is 362. The third-order valence-electron chi connectivity index (χ3n) is 2.47. The average molecular weight is 231 g/mol. The molecule has 2 nitrogen and oxygen atoms in total. The molecule has 0 saturated heterocycles. The number of benzene rings is 1. The van der Waals surface area contributed by atoms with Crippen molar-refractivity contribution in [1.29, 1.82) is 0 Å². The minimum atomic E-state index is 0.215. The number of nitrogens with one attached hydrogen (secondary N) is 1. The van der Waals surface area contributed by atoms with Crippen molar-refractivity contribution < 1.29 is 4.74 Å². The molecule has 1 unspecified atom stereocenters. The van der Waals surface area contributed by atoms with Crippen LogP contribution in [-0.4, -0.2) is 12.6 Å². The van der Waals surface area contributed by atoms with Crippen LogP contribution in [0.15, 0.2) is 24.3 Å². The van der Waals surface area contributed by atoms with E-state index in [-0.39, 0.29) is 6.10 Å². The molecule has 0 saturated carbocycles. The molecule has 0 bridgehead atoms. The van der Waals surface area contributed by atoms with Crippen molar-refractivity contribution in [3.63, 3.8) is 0 Å². The van der Waals surface area contributed by atoms with Gasteiger partial charge in [0.05, 0.1) is 6.10 Å². The molecular formula is C15H21NO. The molecule has 0 spiro atoms. The third-order valence-corrected chi connectivity index (χ3v) is 2.47. The molecule has 1 N–H and O–H groups in total. The maximum Gasteiger partial charge on any atom is 0.119 e. The van der Waals surface area contributed by atoms with Crippen LogP contribution in [0, 0.1) is 12.3 Å². The van der Waals surface area contributed by atoms with Crippen molar-refractivity contribution in [2.75, 3.05) is 6.54 Å². The van der Waals surface area contributed by atoms with Crippen LogP contribution >= 0.6 is 0 Å². The van der Waals surface area contributed by atoms with Crippen LogP contribution in [0.25, 0.3) is 0 Å². The van der Waals surface area contributed by atoms with Gasteiger partial charge in [-0.2, -0.15) is 0 Å². The summed E-state index contributed by atoms with van der Waals surface area (Å²) < 4.78 is 5.60. The predicted octanol–water partition coefficient (Wildman–Crippen LogP) is 3.15. The van der Waals surface area contributed by atoms with Crippen LogP contribution in [0.4, 0.5) is 0 Å². The second-order valence-electron chi connectivity index (χ2n) is 4.37. The zero-order chi connectivity index (χ0) is 12.7. The van der Waals surface area contributed by atoms with Gasteiger partial charge in [-0.3, -0.25) is 0 Å². The summed E-state index contributed by atoms with van der Waals surface area (Å²) in [6, 6.07) is 8.51. The number of hydrogen-bond donors (Lipinski definition) is 1. The molecule has 92 valence electrons. The molecule has 0 heterocycles. The number of ether oxygens (including phenoxy) is 1. The molecule has 1 aromatic carbocycles. The maximum atomic E-state index is 5.60. The SMILES string of the molecule is C#CCCNC(C)c1ccc(OC(C)C)cc1. The lowest BCUT2D eigenvalue weighted by molar-refractivity contribution is 0.242. The van der Waals surface area contributed by atoms with E-state index in [1.54, 1.807) is 0 Å². The molecule has 0 fully saturated rings. The number of terminal acetylenes is 1. The van der Waals surface area contributed by atoms with E-state index in [2.05, 4.69) is 30.3 Å². The average Bonchev–Trinajstić information content (AvgIpc) is 2.29. The van der Waals surface area contributed by atoms with Crippen LogP contribution in [0.2, 0.25) is 0 Å². The summed E-state index contributed by atoms with van der Waals surface area (Å²) in [5, 5.41) is 3.38. The Balaban J connectivity index is 2.52. The van der Waals surface area contributed by atoms with Gasteiger partial charge in [-0.15, -0.1) is 12.3 Å². The van der Waals surface area contributed by atoms with Gasteiger partial charge in [-0.05, 0) is 38.5 Å². The maximum absolute atomic E-state index is 5.60. The van der Waals surface area contributed by atoms with E-state index >= 15 is 0 Å². The molecule has 0 aromatic heterocycles. The molecular weight excluding hydrogens is 210 g/mol. The van der Waals surface area contributed by atoms with E-state index in [9.17, 15) is 0 Å². The summed E-state index contributed by atoms with van der Waals surface area (Å²) >= 11 is 0. The normalized spacial score (nSPS) is 12.2. The monoisotopic (exact) mass is 231 g/mol. The van der Waals surface area contributed by atoms with Crippen molar-refractivity contribution in [3.05, 3.63) is 29.8 Å². The Hall–Kier alpha value is -1.46. The molecule has 0 radical (unpaired) electrons. The standard InChI is InChI=1S/C15H21NO/c1-5-6-11-16-13(4)14-7-9-15(10-8-14)17-12(2)3/h1,7-10,12-13,16H,6,11H2,2-4H3. The smallest absolute Gasteiger partial charge is 0.119 e. The highest BCUT2D eigenvalue weighted by molar-refractivity contribution is 5.29. The number of rotatable bonds is 6. The largest absolute Gasteiger partial charge is 0.491 e. The summed E-state index contributed by atoms with van der Waals surface area (Å²) in [7, 11) is 0. The lowest BCUT2D eigenvalue weighted by Gasteiger charge is -2.15. The number of hydrogen-bond acceptors (Lipinski definition) is 2. The van der Waals surface area contributed by atoms with E-state index in [1.165, 1.54) is 5.56 Å². The fourth-order valence-electron chi connectivity index (χ4n) is 1.59.